The highest BCUT2D eigenvalue weighted by molar-refractivity contribution is 7.16. The van der Waals surface area contributed by atoms with Crippen molar-refractivity contribution < 1.29 is 9.32 Å². The Hall–Kier alpha value is -2.47. The fraction of sp³-hybridized carbons (Fsp3) is 0.235. The molecule has 0 atom stereocenters. The van der Waals surface area contributed by atoms with E-state index in [1.165, 1.54) is 22.5 Å². The number of nitrogens with zero attached hydrogens (tertiary/aromatic N) is 2. The first kappa shape index (κ1) is 15.4. The molecule has 0 saturated carbocycles. The van der Waals surface area contributed by atoms with Gasteiger partial charge in [-0.3, -0.25) is 10.1 Å². The Morgan fingerprint density at radius 2 is 1.91 bits per heavy atom. The average molecular weight is 327 g/mol. The van der Waals surface area contributed by atoms with Gasteiger partial charge in [-0.05, 0) is 44.9 Å². The lowest BCUT2D eigenvalue weighted by atomic mass is 10.0. The molecule has 1 amide bonds. The summed E-state index contributed by atoms with van der Waals surface area (Å²) in [5, 5.41) is 7.04. The highest BCUT2D eigenvalue weighted by Gasteiger charge is 2.15. The second-order valence-electron chi connectivity index (χ2n) is 5.50. The minimum Gasteiger partial charge on any atom is -0.361 e. The first-order valence-corrected chi connectivity index (χ1v) is 8.05. The van der Waals surface area contributed by atoms with E-state index < -0.39 is 0 Å². The van der Waals surface area contributed by atoms with Crippen LogP contribution >= 0.6 is 11.3 Å². The standard InChI is InChI=1S/C17H17N3O2S/c1-9-5-6-13(7-10(9)2)15-12(4)23-17(18-15)19-16(21)14-8-11(3)22-20-14/h5-8H,1-4H3,(H,18,19,21). The van der Waals surface area contributed by atoms with Gasteiger partial charge in [-0.15, -0.1) is 11.3 Å². The molecule has 118 valence electrons. The van der Waals surface area contributed by atoms with Crippen molar-refractivity contribution in [1.29, 1.82) is 0 Å². The summed E-state index contributed by atoms with van der Waals surface area (Å²) < 4.78 is 4.92. The Bertz CT molecular complexity index is 880. The van der Waals surface area contributed by atoms with Crippen LogP contribution in [0.2, 0.25) is 0 Å². The predicted octanol–water partition coefficient (Wildman–Crippen LogP) is 4.28. The number of hydrogen-bond acceptors (Lipinski definition) is 5. The van der Waals surface area contributed by atoms with Gasteiger partial charge < -0.3 is 4.52 Å². The van der Waals surface area contributed by atoms with Crippen LogP contribution in [0.4, 0.5) is 5.13 Å². The smallest absolute Gasteiger partial charge is 0.279 e. The maximum atomic E-state index is 12.1. The molecule has 0 aliphatic rings. The largest absolute Gasteiger partial charge is 0.361 e. The molecule has 2 heterocycles. The molecule has 0 bridgehead atoms. The molecule has 1 N–H and O–H groups in total. The van der Waals surface area contributed by atoms with Crippen molar-refractivity contribution >= 4 is 22.4 Å². The van der Waals surface area contributed by atoms with Crippen molar-refractivity contribution in [3.05, 3.63) is 51.7 Å². The molecule has 0 fully saturated rings. The maximum absolute atomic E-state index is 12.1. The molecular weight excluding hydrogens is 310 g/mol. The average Bonchev–Trinajstić information content (AvgIpc) is 3.08. The molecule has 23 heavy (non-hydrogen) atoms. The van der Waals surface area contributed by atoms with E-state index in [9.17, 15) is 4.79 Å². The van der Waals surface area contributed by atoms with Crippen LogP contribution in [-0.4, -0.2) is 16.0 Å². The van der Waals surface area contributed by atoms with Gasteiger partial charge >= 0.3 is 0 Å². The molecule has 0 unspecified atom stereocenters. The van der Waals surface area contributed by atoms with E-state index in [4.69, 9.17) is 4.52 Å². The molecule has 0 aliphatic carbocycles. The van der Waals surface area contributed by atoms with E-state index >= 15 is 0 Å². The van der Waals surface area contributed by atoms with Crippen molar-refractivity contribution in [2.45, 2.75) is 27.7 Å². The van der Waals surface area contributed by atoms with Crippen LogP contribution < -0.4 is 5.32 Å². The van der Waals surface area contributed by atoms with Gasteiger partial charge in [0.05, 0.1) is 5.69 Å². The zero-order chi connectivity index (χ0) is 16.6. The number of hydrogen-bond donors (Lipinski definition) is 1. The summed E-state index contributed by atoms with van der Waals surface area (Å²) in [6, 6.07) is 7.85. The number of rotatable bonds is 3. The van der Waals surface area contributed by atoms with E-state index in [1.54, 1.807) is 13.0 Å². The van der Waals surface area contributed by atoms with E-state index in [0.29, 0.717) is 10.9 Å². The maximum Gasteiger partial charge on any atom is 0.279 e. The van der Waals surface area contributed by atoms with Crippen LogP contribution in [0.15, 0.2) is 28.8 Å². The molecule has 1 aromatic carbocycles. The molecule has 0 aliphatic heterocycles. The third kappa shape index (κ3) is 3.17. The van der Waals surface area contributed by atoms with E-state index in [1.807, 2.05) is 6.92 Å². The molecule has 6 heteroatoms. The topological polar surface area (TPSA) is 68.0 Å². The van der Waals surface area contributed by atoms with Gasteiger partial charge in [0.15, 0.2) is 10.8 Å². The number of benzene rings is 1. The number of aromatic nitrogens is 2. The van der Waals surface area contributed by atoms with Gasteiger partial charge in [-0.25, -0.2) is 4.98 Å². The van der Waals surface area contributed by atoms with Gasteiger partial charge in [-0.1, -0.05) is 17.3 Å². The van der Waals surface area contributed by atoms with E-state index in [-0.39, 0.29) is 11.6 Å². The highest BCUT2D eigenvalue weighted by Crippen LogP contribution is 2.31. The first-order chi connectivity index (χ1) is 10.9. The fourth-order valence-electron chi connectivity index (χ4n) is 2.24. The molecule has 0 spiro atoms. The Labute approximate surface area is 138 Å². The Morgan fingerprint density at radius 3 is 2.57 bits per heavy atom. The minimum absolute atomic E-state index is 0.253. The van der Waals surface area contributed by atoms with Crippen molar-refractivity contribution in [3.8, 4) is 11.3 Å². The molecule has 5 nitrogen and oxygen atoms in total. The second-order valence-corrected chi connectivity index (χ2v) is 6.70. The zero-order valence-corrected chi connectivity index (χ0v) is 14.2. The molecule has 0 saturated heterocycles. The SMILES string of the molecule is Cc1cc(C(=O)Nc2nc(-c3ccc(C)c(C)c3)c(C)s2)no1. The Morgan fingerprint density at radius 1 is 1.13 bits per heavy atom. The fourth-order valence-corrected chi connectivity index (χ4v) is 3.07. The van der Waals surface area contributed by atoms with Crippen LogP contribution in [0.1, 0.15) is 32.3 Å². The molecule has 3 rings (SSSR count). The van der Waals surface area contributed by atoms with Crippen molar-refractivity contribution in [2.75, 3.05) is 5.32 Å². The number of carbonyl (C=O) groups excluding carboxylic acids is 1. The quantitative estimate of drug-likeness (QED) is 0.779. The van der Waals surface area contributed by atoms with Gasteiger partial charge in [0.1, 0.15) is 5.76 Å². The van der Waals surface area contributed by atoms with Crippen molar-refractivity contribution in [1.82, 2.24) is 10.1 Å². The van der Waals surface area contributed by atoms with Crippen molar-refractivity contribution in [2.24, 2.45) is 0 Å². The monoisotopic (exact) mass is 327 g/mol. The summed E-state index contributed by atoms with van der Waals surface area (Å²) in [5.74, 6) is 0.281. The number of nitrogens with one attached hydrogen (secondary N) is 1. The summed E-state index contributed by atoms with van der Waals surface area (Å²) in [5.41, 5.74) is 4.67. The van der Waals surface area contributed by atoms with Crippen LogP contribution in [0.5, 0.6) is 0 Å². The number of carbonyl (C=O) groups is 1. The number of aryl methyl sites for hydroxylation is 4. The van der Waals surface area contributed by atoms with Gasteiger partial charge in [-0.2, -0.15) is 0 Å². The summed E-state index contributed by atoms with van der Waals surface area (Å²) in [6.07, 6.45) is 0. The summed E-state index contributed by atoms with van der Waals surface area (Å²) in [7, 11) is 0. The minimum atomic E-state index is -0.317. The lowest BCUT2D eigenvalue weighted by Gasteiger charge is -2.03. The summed E-state index contributed by atoms with van der Waals surface area (Å²) in [4.78, 5) is 17.7. The summed E-state index contributed by atoms with van der Waals surface area (Å²) in [6.45, 7) is 7.90. The highest BCUT2D eigenvalue weighted by atomic mass is 32.1. The first-order valence-electron chi connectivity index (χ1n) is 7.24. The van der Waals surface area contributed by atoms with Crippen LogP contribution in [0, 0.1) is 27.7 Å². The van der Waals surface area contributed by atoms with Crippen molar-refractivity contribution in [3.63, 3.8) is 0 Å². The van der Waals surface area contributed by atoms with Gasteiger partial charge in [0, 0.05) is 16.5 Å². The zero-order valence-electron chi connectivity index (χ0n) is 13.4. The molecule has 3 aromatic rings. The van der Waals surface area contributed by atoms with Crippen LogP contribution in [0.3, 0.4) is 0 Å². The molecule has 2 aromatic heterocycles. The van der Waals surface area contributed by atoms with Crippen LogP contribution in [0.25, 0.3) is 11.3 Å². The second kappa shape index (κ2) is 5.96. The number of thiazole rings is 1. The molecular formula is C17H17N3O2S. The normalized spacial score (nSPS) is 10.8. The Balaban J connectivity index is 1.86. The van der Waals surface area contributed by atoms with E-state index in [2.05, 4.69) is 47.5 Å². The molecule has 0 radical (unpaired) electrons. The van der Waals surface area contributed by atoms with Gasteiger partial charge in [0.2, 0.25) is 0 Å². The van der Waals surface area contributed by atoms with Crippen LogP contribution in [-0.2, 0) is 0 Å². The Kier molecular flexibility index (Phi) is 4.00. The summed E-state index contributed by atoms with van der Waals surface area (Å²) >= 11 is 1.45. The van der Waals surface area contributed by atoms with E-state index in [0.717, 1.165) is 16.1 Å². The number of anilines is 1. The lowest BCUT2D eigenvalue weighted by molar-refractivity contribution is 0.101. The lowest BCUT2D eigenvalue weighted by Crippen LogP contribution is -2.11. The third-order valence-electron chi connectivity index (χ3n) is 3.66. The number of amides is 1. The third-order valence-corrected chi connectivity index (χ3v) is 4.54. The van der Waals surface area contributed by atoms with Gasteiger partial charge in [0.25, 0.3) is 5.91 Å². The predicted molar refractivity (Wildman–Crippen MR) is 91.0 cm³/mol.